The third-order valence-corrected chi connectivity index (χ3v) is 3.41. The Hall–Kier alpha value is -1.33. The first-order valence-electron chi connectivity index (χ1n) is 6.72. The zero-order valence-corrected chi connectivity index (χ0v) is 11.2. The van der Waals surface area contributed by atoms with Gasteiger partial charge in [0, 0.05) is 26.2 Å². The number of ether oxygens (including phenoxy) is 1. The van der Waals surface area contributed by atoms with Crippen molar-refractivity contribution in [1.29, 1.82) is 0 Å². The van der Waals surface area contributed by atoms with Crippen molar-refractivity contribution >= 4 is 0 Å². The van der Waals surface area contributed by atoms with Crippen molar-refractivity contribution in [3.8, 4) is 11.5 Å². The molecule has 1 fully saturated rings. The topological polar surface area (TPSA) is 44.7 Å². The van der Waals surface area contributed by atoms with Gasteiger partial charge in [0.1, 0.15) is 6.67 Å². The van der Waals surface area contributed by atoms with Gasteiger partial charge < -0.3 is 15.2 Å². The highest BCUT2D eigenvalue weighted by Crippen LogP contribution is 2.31. The third kappa shape index (κ3) is 3.36. The molecule has 1 aromatic carbocycles. The van der Waals surface area contributed by atoms with Gasteiger partial charge in [-0.3, -0.25) is 4.90 Å². The van der Waals surface area contributed by atoms with Gasteiger partial charge in [-0.15, -0.1) is 0 Å². The summed E-state index contributed by atoms with van der Waals surface area (Å²) in [5.41, 5.74) is 0.852. The Morgan fingerprint density at radius 1 is 1.42 bits per heavy atom. The smallest absolute Gasteiger partial charge is 0.161 e. The standard InChI is InChI=1S/C14H21FN2O2/c1-2-19-14-9-11(3-4-13(14)18)12(10-15)17-7-5-16-6-8-17/h3-4,9,12,16,18H,2,5-8,10H2,1H3/t12-/m0/s1. The van der Waals surface area contributed by atoms with Gasteiger partial charge in [-0.1, -0.05) is 6.07 Å². The molecule has 0 radical (unpaired) electrons. The van der Waals surface area contributed by atoms with E-state index in [0.717, 1.165) is 31.7 Å². The number of nitrogens with zero attached hydrogens (tertiary/aromatic N) is 1. The zero-order chi connectivity index (χ0) is 13.7. The SMILES string of the molecule is CCOc1cc([C@H](CF)N2CCNCC2)ccc1O. The number of hydrogen-bond acceptors (Lipinski definition) is 4. The monoisotopic (exact) mass is 268 g/mol. The highest BCUT2D eigenvalue weighted by Gasteiger charge is 2.23. The summed E-state index contributed by atoms with van der Waals surface area (Å²) in [7, 11) is 0. The Morgan fingerprint density at radius 3 is 2.79 bits per heavy atom. The van der Waals surface area contributed by atoms with E-state index in [4.69, 9.17) is 4.74 Å². The molecule has 0 spiro atoms. The summed E-state index contributed by atoms with van der Waals surface area (Å²) in [5, 5.41) is 12.9. The van der Waals surface area contributed by atoms with Crippen molar-refractivity contribution in [2.45, 2.75) is 13.0 Å². The van der Waals surface area contributed by atoms with Gasteiger partial charge in [0.05, 0.1) is 12.6 Å². The first-order valence-corrected chi connectivity index (χ1v) is 6.72. The van der Waals surface area contributed by atoms with Crippen LogP contribution >= 0.6 is 0 Å². The van der Waals surface area contributed by atoms with E-state index in [9.17, 15) is 9.50 Å². The molecule has 4 nitrogen and oxygen atoms in total. The van der Waals surface area contributed by atoms with E-state index < -0.39 is 6.67 Å². The Bertz CT molecular complexity index is 408. The first kappa shape index (κ1) is 14.1. The molecule has 1 aliphatic rings. The van der Waals surface area contributed by atoms with E-state index in [-0.39, 0.29) is 11.8 Å². The molecule has 5 heteroatoms. The number of aromatic hydroxyl groups is 1. The van der Waals surface area contributed by atoms with Crippen molar-refractivity contribution in [3.63, 3.8) is 0 Å². The molecule has 0 aliphatic carbocycles. The molecule has 1 heterocycles. The highest BCUT2D eigenvalue weighted by atomic mass is 19.1. The van der Waals surface area contributed by atoms with Gasteiger partial charge >= 0.3 is 0 Å². The number of rotatable bonds is 5. The average molecular weight is 268 g/mol. The molecule has 0 bridgehead atoms. The third-order valence-electron chi connectivity index (χ3n) is 3.41. The lowest BCUT2D eigenvalue weighted by molar-refractivity contribution is 0.147. The Kier molecular flexibility index (Phi) is 4.99. The Balaban J connectivity index is 2.19. The molecule has 106 valence electrons. The number of alkyl halides is 1. The number of piperazine rings is 1. The van der Waals surface area contributed by atoms with Gasteiger partial charge in [0.25, 0.3) is 0 Å². The van der Waals surface area contributed by atoms with Crippen LogP contribution in [0, 0.1) is 0 Å². The van der Waals surface area contributed by atoms with Crippen LogP contribution in [0.4, 0.5) is 4.39 Å². The van der Waals surface area contributed by atoms with Crippen LogP contribution in [0.1, 0.15) is 18.5 Å². The molecular weight excluding hydrogens is 247 g/mol. The number of phenolic OH excluding ortho intramolecular Hbond substituents is 1. The Labute approximate surface area is 113 Å². The number of hydrogen-bond donors (Lipinski definition) is 2. The van der Waals surface area contributed by atoms with Gasteiger partial charge in [0.2, 0.25) is 0 Å². The molecule has 1 saturated heterocycles. The average Bonchev–Trinajstić information content (AvgIpc) is 2.44. The minimum Gasteiger partial charge on any atom is -0.504 e. The summed E-state index contributed by atoms with van der Waals surface area (Å²) in [6, 6.07) is 4.82. The van der Waals surface area contributed by atoms with E-state index in [0.29, 0.717) is 12.4 Å². The van der Waals surface area contributed by atoms with Crippen LogP contribution in [-0.2, 0) is 0 Å². The van der Waals surface area contributed by atoms with Gasteiger partial charge in [-0.25, -0.2) is 4.39 Å². The van der Waals surface area contributed by atoms with Crippen LogP contribution in [-0.4, -0.2) is 49.5 Å². The van der Waals surface area contributed by atoms with E-state index in [2.05, 4.69) is 10.2 Å². The van der Waals surface area contributed by atoms with Crippen molar-refractivity contribution in [2.24, 2.45) is 0 Å². The minimum atomic E-state index is -0.434. The second-order valence-electron chi connectivity index (χ2n) is 4.62. The van der Waals surface area contributed by atoms with Crippen molar-refractivity contribution < 1.29 is 14.2 Å². The van der Waals surface area contributed by atoms with Gasteiger partial charge in [0.15, 0.2) is 11.5 Å². The molecule has 1 atom stereocenters. The molecule has 0 saturated carbocycles. The number of phenols is 1. The van der Waals surface area contributed by atoms with Crippen LogP contribution in [0.3, 0.4) is 0 Å². The summed E-state index contributed by atoms with van der Waals surface area (Å²) in [6.07, 6.45) is 0. The summed E-state index contributed by atoms with van der Waals surface area (Å²) >= 11 is 0. The maximum absolute atomic E-state index is 13.4. The predicted octanol–water partition coefficient (Wildman–Crippen LogP) is 1.71. The molecule has 2 N–H and O–H groups in total. The van der Waals surface area contributed by atoms with Crippen LogP contribution < -0.4 is 10.1 Å². The van der Waals surface area contributed by atoms with E-state index in [1.807, 2.05) is 6.92 Å². The van der Waals surface area contributed by atoms with Crippen LogP contribution in [0.15, 0.2) is 18.2 Å². The van der Waals surface area contributed by atoms with Crippen molar-refractivity contribution in [2.75, 3.05) is 39.5 Å². The second-order valence-corrected chi connectivity index (χ2v) is 4.62. The molecule has 19 heavy (non-hydrogen) atoms. The normalized spacial score (nSPS) is 18.2. The maximum atomic E-state index is 13.4. The fourth-order valence-electron chi connectivity index (χ4n) is 2.40. The fourth-order valence-corrected chi connectivity index (χ4v) is 2.40. The van der Waals surface area contributed by atoms with Crippen LogP contribution in [0.25, 0.3) is 0 Å². The summed E-state index contributed by atoms with van der Waals surface area (Å²) < 4.78 is 18.7. The summed E-state index contributed by atoms with van der Waals surface area (Å²) in [5.74, 6) is 0.525. The summed E-state index contributed by atoms with van der Waals surface area (Å²) in [4.78, 5) is 2.12. The van der Waals surface area contributed by atoms with Gasteiger partial charge in [-0.05, 0) is 24.6 Å². The molecule has 0 aromatic heterocycles. The lowest BCUT2D eigenvalue weighted by Crippen LogP contribution is -2.45. The first-order chi connectivity index (χ1) is 9.26. The summed E-state index contributed by atoms with van der Waals surface area (Å²) in [6.45, 7) is 5.33. The number of benzene rings is 1. The molecule has 0 unspecified atom stereocenters. The lowest BCUT2D eigenvalue weighted by Gasteiger charge is -2.33. The fraction of sp³-hybridized carbons (Fsp3) is 0.571. The van der Waals surface area contributed by atoms with E-state index in [1.54, 1.807) is 18.2 Å². The van der Waals surface area contributed by atoms with Crippen LogP contribution in [0.5, 0.6) is 11.5 Å². The predicted molar refractivity (Wildman–Crippen MR) is 72.4 cm³/mol. The molecule has 0 amide bonds. The molecule has 1 aromatic rings. The van der Waals surface area contributed by atoms with Crippen LogP contribution in [0.2, 0.25) is 0 Å². The largest absolute Gasteiger partial charge is 0.504 e. The Morgan fingerprint density at radius 2 is 2.16 bits per heavy atom. The lowest BCUT2D eigenvalue weighted by atomic mass is 10.0. The van der Waals surface area contributed by atoms with Gasteiger partial charge in [-0.2, -0.15) is 0 Å². The minimum absolute atomic E-state index is 0.100. The van der Waals surface area contributed by atoms with Crippen molar-refractivity contribution in [1.82, 2.24) is 10.2 Å². The quantitative estimate of drug-likeness (QED) is 0.853. The molecular formula is C14H21FN2O2. The van der Waals surface area contributed by atoms with E-state index >= 15 is 0 Å². The molecule has 1 aliphatic heterocycles. The number of nitrogens with one attached hydrogen (secondary N) is 1. The maximum Gasteiger partial charge on any atom is 0.161 e. The zero-order valence-electron chi connectivity index (χ0n) is 11.2. The van der Waals surface area contributed by atoms with Crippen molar-refractivity contribution in [3.05, 3.63) is 23.8 Å². The highest BCUT2D eigenvalue weighted by molar-refractivity contribution is 5.42. The van der Waals surface area contributed by atoms with E-state index in [1.165, 1.54) is 0 Å². The molecule has 2 rings (SSSR count). The number of halogens is 1. The second kappa shape index (κ2) is 6.73.